The molecule has 4 nitrogen and oxygen atoms in total. The Morgan fingerprint density at radius 1 is 1.21 bits per heavy atom. The Bertz CT molecular complexity index is 971. The van der Waals surface area contributed by atoms with Gasteiger partial charge in [0.25, 0.3) is 5.91 Å². The molecule has 1 amide bonds. The number of aliphatic imine (C=N–C) groups is 1. The summed E-state index contributed by atoms with van der Waals surface area (Å²) in [5, 5.41) is 1.42. The van der Waals surface area contributed by atoms with Crippen molar-refractivity contribution in [3.63, 3.8) is 0 Å². The molecule has 2 aromatic rings. The summed E-state index contributed by atoms with van der Waals surface area (Å²) in [7, 11) is 0. The summed E-state index contributed by atoms with van der Waals surface area (Å²) < 4.78 is 7.54. The Balaban J connectivity index is 1.82. The summed E-state index contributed by atoms with van der Waals surface area (Å²) in [4.78, 5) is 19.4. The monoisotopic (exact) mass is 556 g/mol. The predicted octanol–water partition coefficient (Wildman–Crippen LogP) is 6.76. The highest BCUT2D eigenvalue weighted by atomic mass is 79.9. The molecule has 2 aromatic carbocycles. The van der Waals surface area contributed by atoms with Gasteiger partial charge < -0.3 is 4.74 Å². The number of benzene rings is 2. The lowest BCUT2D eigenvalue weighted by atomic mass is 10.2. The summed E-state index contributed by atoms with van der Waals surface area (Å²) in [6.45, 7) is 5.51. The van der Waals surface area contributed by atoms with Crippen molar-refractivity contribution in [1.82, 2.24) is 4.90 Å². The molecule has 0 unspecified atom stereocenters. The maximum atomic E-state index is 12.6. The molecule has 1 saturated heterocycles. The topological polar surface area (TPSA) is 41.9 Å². The first kappa shape index (κ1) is 22.4. The number of hydrogen-bond donors (Lipinski definition) is 0. The maximum absolute atomic E-state index is 12.6. The Hall–Kier alpha value is -1.28. The third-order valence-electron chi connectivity index (χ3n) is 4.15. The van der Waals surface area contributed by atoms with Crippen LogP contribution in [0.25, 0.3) is 6.08 Å². The first-order valence-electron chi connectivity index (χ1n) is 9.05. The highest BCUT2D eigenvalue weighted by molar-refractivity contribution is 9.11. The van der Waals surface area contributed by atoms with Crippen LogP contribution in [0.15, 0.2) is 55.2 Å². The third kappa shape index (κ3) is 5.26. The number of hydrogen-bond acceptors (Lipinski definition) is 4. The maximum Gasteiger partial charge on any atom is 0.266 e. The highest BCUT2D eigenvalue weighted by Gasteiger charge is 2.31. The van der Waals surface area contributed by atoms with Gasteiger partial charge in [0.1, 0.15) is 12.4 Å². The third-order valence-corrected chi connectivity index (χ3v) is 6.74. The van der Waals surface area contributed by atoms with Crippen molar-refractivity contribution in [3.05, 3.63) is 66.4 Å². The number of halogens is 3. The molecule has 152 valence electrons. The molecule has 0 N–H and O–H groups in total. The van der Waals surface area contributed by atoms with Gasteiger partial charge in [-0.25, -0.2) is 0 Å². The number of nitrogens with zero attached hydrogens (tertiary/aromatic N) is 2. The summed E-state index contributed by atoms with van der Waals surface area (Å²) in [6.07, 6.45) is 1.88. The smallest absolute Gasteiger partial charge is 0.266 e. The zero-order chi connectivity index (χ0) is 21.0. The number of carbonyl (C=O) groups excluding carboxylic acids is 1. The van der Waals surface area contributed by atoms with Crippen LogP contribution in [0.2, 0.25) is 5.02 Å². The molecule has 1 aliphatic rings. The largest absolute Gasteiger partial charge is 0.486 e. The van der Waals surface area contributed by atoms with Crippen molar-refractivity contribution in [3.8, 4) is 5.75 Å². The molecule has 0 spiro atoms. The number of carbonyl (C=O) groups is 1. The first-order chi connectivity index (χ1) is 13.9. The van der Waals surface area contributed by atoms with E-state index in [1.807, 2.05) is 56.3 Å². The Morgan fingerprint density at radius 2 is 1.90 bits per heavy atom. The van der Waals surface area contributed by atoms with E-state index in [4.69, 9.17) is 16.3 Å². The molecule has 1 fully saturated rings. The predicted molar refractivity (Wildman–Crippen MR) is 129 cm³/mol. The van der Waals surface area contributed by atoms with Crippen molar-refractivity contribution >= 4 is 72.4 Å². The minimum atomic E-state index is -0.0176. The summed E-state index contributed by atoms with van der Waals surface area (Å²) in [5.41, 5.74) is 1.80. The summed E-state index contributed by atoms with van der Waals surface area (Å²) in [5.74, 6) is 0.664. The molecule has 0 atom stereocenters. The van der Waals surface area contributed by atoms with E-state index in [2.05, 4.69) is 36.9 Å². The van der Waals surface area contributed by atoms with E-state index >= 15 is 0 Å². The van der Waals surface area contributed by atoms with Gasteiger partial charge in [0.2, 0.25) is 0 Å². The van der Waals surface area contributed by atoms with Crippen LogP contribution in [0.5, 0.6) is 5.75 Å². The van der Waals surface area contributed by atoms with Crippen LogP contribution in [0, 0.1) is 0 Å². The molecule has 0 radical (unpaired) electrons. The second-order valence-corrected chi connectivity index (χ2v) is 9.24. The van der Waals surface area contributed by atoms with Gasteiger partial charge in [0, 0.05) is 23.7 Å². The zero-order valence-corrected chi connectivity index (χ0v) is 20.7. The van der Waals surface area contributed by atoms with E-state index in [-0.39, 0.29) is 5.91 Å². The molecule has 8 heteroatoms. The standard InChI is InChI=1S/C21H19Br2ClN2O2S/c1-3-25-21-26(4-2)20(27)18(29-21)11-13-9-15(22)19(16(23)10-13)28-12-14-7-5-6-8-17(14)24/h5-11H,3-4,12H2,1-2H3/b18-11+,25-21?. The van der Waals surface area contributed by atoms with Gasteiger partial charge in [0.15, 0.2) is 5.17 Å². The van der Waals surface area contributed by atoms with Crippen molar-refractivity contribution in [2.75, 3.05) is 13.1 Å². The molecule has 0 aliphatic carbocycles. The van der Waals surface area contributed by atoms with Crippen molar-refractivity contribution < 1.29 is 9.53 Å². The zero-order valence-electron chi connectivity index (χ0n) is 15.9. The average molecular weight is 559 g/mol. The lowest BCUT2D eigenvalue weighted by molar-refractivity contribution is -0.122. The fourth-order valence-corrected chi connectivity index (χ4v) is 5.50. The lowest BCUT2D eigenvalue weighted by Crippen LogP contribution is -2.28. The van der Waals surface area contributed by atoms with E-state index in [1.165, 1.54) is 11.8 Å². The average Bonchev–Trinajstić information content (AvgIpc) is 2.97. The van der Waals surface area contributed by atoms with Crippen LogP contribution in [0.3, 0.4) is 0 Å². The number of likely N-dealkylation sites (N-methyl/N-ethyl adjacent to an activating group) is 1. The molecule has 0 bridgehead atoms. The molecule has 3 rings (SSSR count). The minimum absolute atomic E-state index is 0.0176. The van der Waals surface area contributed by atoms with Crippen molar-refractivity contribution in [2.24, 2.45) is 4.99 Å². The molecular formula is C21H19Br2ClN2O2S. The van der Waals surface area contributed by atoms with Gasteiger partial charge in [-0.05, 0) is 87.3 Å². The van der Waals surface area contributed by atoms with E-state index in [1.54, 1.807) is 4.90 Å². The molecular weight excluding hydrogens is 540 g/mol. The van der Waals surface area contributed by atoms with Gasteiger partial charge in [-0.3, -0.25) is 14.7 Å². The molecule has 29 heavy (non-hydrogen) atoms. The van der Waals surface area contributed by atoms with Crippen LogP contribution >= 0.6 is 55.2 Å². The molecule has 1 heterocycles. The van der Waals surface area contributed by atoms with E-state index in [0.717, 1.165) is 25.2 Å². The Kier molecular flexibility index (Phi) is 7.85. The van der Waals surface area contributed by atoms with Crippen LogP contribution in [0.4, 0.5) is 0 Å². The lowest BCUT2D eigenvalue weighted by Gasteiger charge is -2.12. The molecule has 0 saturated carbocycles. The van der Waals surface area contributed by atoms with Crippen LogP contribution in [-0.2, 0) is 11.4 Å². The number of thioether (sulfide) groups is 1. The number of rotatable bonds is 6. The van der Waals surface area contributed by atoms with Crippen molar-refractivity contribution in [2.45, 2.75) is 20.5 Å². The highest BCUT2D eigenvalue weighted by Crippen LogP contribution is 2.38. The van der Waals surface area contributed by atoms with Gasteiger partial charge in [-0.2, -0.15) is 0 Å². The fraction of sp³-hybridized carbons (Fsp3) is 0.238. The fourth-order valence-electron chi connectivity index (χ4n) is 2.76. The van der Waals surface area contributed by atoms with Crippen LogP contribution in [0.1, 0.15) is 25.0 Å². The van der Waals surface area contributed by atoms with Crippen LogP contribution in [-0.4, -0.2) is 29.1 Å². The molecule has 0 aromatic heterocycles. The van der Waals surface area contributed by atoms with E-state index < -0.39 is 0 Å². The Labute approximate surface area is 196 Å². The quantitative estimate of drug-likeness (QED) is 0.368. The number of amidine groups is 1. The normalized spacial score (nSPS) is 16.9. The second-order valence-electron chi connectivity index (χ2n) is 6.11. The Morgan fingerprint density at radius 3 is 2.52 bits per heavy atom. The summed E-state index contributed by atoms with van der Waals surface area (Å²) >= 11 is 14.8. The minimum Gasteiger partial charge on any atom is -0.486 e. The van der Waals surface area contributed by atoms with Crippen LogP contribution < -0.4 is 4.74 Å². The van der Waals surface area contributed by atoms with Crippen molar-refractivity contribution in [1.29, 1.82) is 0 Å². The molecule has 1 aliphatic heterocycles. The second kappa shape index (κ2) is 10.2. The van der Waals surface area contributed by atoms with E-state index in [9.17, 15) is 4.79 Å². The first-order valence-corrected chi connectivity index (χ1v) is 11.8. The SMILES string of the molecule is CCN=C1S/C(=C/c2cc(Br)c(OCc3ccccc3Cl)c(Br)c2)C(=O)N1CC. The van der Waals surface area contributed by atoms with Gasteiger partial charge in [0.05, 0.1) is 13.9 Å². The number of amides is 1. The van der Waals surface area contributed by atoms with Gasteiger partial charge in [-0.15, -0.1) is 0 Å². The van der Waals surface area contributed by atoms with E-state index in [0.29, 0.717) is 35.4 Å². The number of ether oxygens (including phenoxy) is 1. The summed E-state index contributed by atoms with van der Waals surface area (Å²) in [6, 6.07) is 11.4. The van der Waals surface area contributed by atoms with Gasteiger partial charge in [-0.1, -0.05) is 29.8 Å². The van der Waals surface area contributed by atoms with Gasteiger partial charge >= 0.3 is 0 Å².